The Morgan fingerprint density at radius 1 is 1.35 bits per heavy atom. The van der Waals surface area contributed by atoms with Crippen molar-refractivity contribution in [2.75, 3.05) is 5.75 Å². The number of nitrogens with zero attached hydrogens (tertiary/aromatic N) is 3. The molecular formula is C13H10F3N3S. The summed E-state index contributed by atoms with van der Waals surface area (Å²) < 4.78 is 38.5. The molecule has 0 radical (unpaired) electrons. The first-order chi connectivity index (χ1) is 9.39. The van der Waals surface area contributed by atoms with Crippen molar-refractivity contribution in [3.8, 4) is 17.2 Å². The molecule has 0 saturated carbocycles. The van der Waals surface area contributed by atoms with Gasteiger partial charge in [-0.1, -0.05) is 6.07 Å². The van der Waals surface area contributed by atoms with Gasteiger partial charge in [0.2, 0.25) is 0 Å². The number of aryl methyl sites for hydroxylation is 1. The van der Waals surface area contributed by atoms with Gasteiger partial charge in [0.1, 0.15) is 6.07 Å². The predicted molar refractivity (Wildman–Crippen MR) is 70.1 cm³/mol. The smallest absolute Gasteiger partial charge is 0.275 e. The molecule has 3 nitrogen and oxygen atoms in total. The molecule has 0 atom stereocenters. The molecule has 0 amide bonds. The van der Waals surface area contributed by atoms with Gasteiger partial charge in [-0.05, 0) is 17.7 Å². The van der Waals surface area contributed by atoms with Crippen LogP contribution in [0.25, 0.3) is 11.1 Å². The molecule has 7 heteroatoms. The largest absolute Gasteiger partial charge is 0.398 e. The summed E-state index contributed by atoms with van der Waals surface area (Å²) in [6, 6.07) is 6.73. The first-order valence-electron chi connectivity index (χ1n) is 5.62. The van der Waals surface area contributed by atoms with Gasteiger partial charge in [-0.25, -0.2) is 0 Å². The van der Waals surface area contributed by atoms with Gasteiger partial charge in [0, 0.05) is 23.7 Å². The van der Waals surface area contributed by atoms with E-state index in [4.69, 9.17) is 5.26 Å². The van der Waals surface area contributed by atoms with E-state index in [1.54, 1.807) is 36.3 Å². The molecule has 0 unspecified atom stereocenters. The van der Waals surface area contributed by atoms with Gasteiger partial charge >= 0.3 is 6.18 Å². The average molecular weight is 297 g/mol. The van der Waals surface area contributed by atoms with Crippen molar-refractivity contribution < 1.29 is 13.2 Å². The lowest BCUT2D eigenvalue weighted by Crippen LogP contribution is -2.10. The van der Waals surface area contributed by atoms with Crippen molar-refractivity contribution in [3.05, 3.63) is 36.2 Å². The molecule has 1 aromatic heterocycles. The second-order valence-corrected chi connectivity index (χ2v) is 5.15. The molecule has 0 aliphatic carbocycles. The van der Waals surface area contributed by atoms with Crippen LogP contribution in [-0.4, -0.2) is 21.7 Å². The third-order valence-electron chi connectivity index (χ3n) is 2.53. The van der Waals surface area contributed by atoms with E-state index in [-0.39, 0.29) is 5.56 Å². The van der Waals surface area contributed by atoms with Crippen molar-refractivity contribution in [2.24, 2.45) is 7.05 Å². The lowest BCUT2D eigenvalue weighted by molar-refractivity contribution is -0.105. The van der Waals surface area contributed by atoms with Crippen LogP contribution >= 0.6 is 11.8 Å². The highest BCUT2D eigenvalue weighted by molar-refractivity contribution is 7.99. The summed E-state index contributed by atoms with van der Waals surface area (Å²) >= 11 is 0.619. The predicted octanol–water partition coefficient (Wildman–Crippen LogP) is 3.61. The minimum absolute atomic E-state index is 0.242. The quantitative estimate of drug-likeness (QED) is 0.813. The van der Waals surface area contributed by atoms with Crippen LogP contribution in [0, 0.1) is 11.3 Å². The van der Waals surface area contributed by atoms with Crippen LogP contribution in [0.2, 0.25) is 0 Å². The Balaban J connectivity index is 2.32. The van der Waals surface area contributed by atoms with Gasteiger partial charge in [0.15, 0.2) is 0 Å². The first kappa shape index (κ1) is 14.5. The van der Waals surface area contributed by atoms with Crippen LogP contribution in [-0.2, 0) is 7.05 Å². The van der Waals surface area contributed by atoms with E-state index in [2.05, 4.69) is 5.10 Å². The maximum Gasteiger partial charge on any atom is 0.398 e. The van der Waals surface area contributed by atoms with Crippen LogP contribution < -0.4 is 0 Å². The summed E-state index contributed by atoms with van der Waals surface area (Å²) in [7, 11) is 1.76. The highest BCUT2D eigenvalue weighted by Crippen LogP contribution is 2.32. The van der Waals surface area contributed by atoms with E-state index >= 15 is 0 Å². The molecule has 1 heterocycles. The Bertz CT molecular complexity index is 656. The zero-order valence-corrected chi connectivity index (χ0v) is 11.3. The maximum atomic E-state index is 12.3. The molecule has 0 saturated heterocycles. The molecule has 0 spiro atoms. The standard InChI is InChI=1S/C13H10F3N3S/c1-19-7-11(6-18-19)9-2-3-10(5-17)12(4-9)20-8-13(14,15)16/h2-4,6-7H,8H2,1H3. The summed E-state index contributed by atoms with van der Waals surface area (Å²) in [5.74, 6) is -1.02. The Labute approximate surface area is 118 Å². The van der Waals surface area contributed by atoms with E-state index in [1.165, 1.54) is 6.07 Å². The number of nitriles is 1. The van der Waals surface area contributed by atoms with Crippen molar-refractivity contribution in [1.82, 2.24) is 9.78 Å². The van der Waals surface area contributed by atoms with Crippen LogP contribution in [0.1, 0.15) is 5.56 Å². The van der Waals surface area contributed by atoms with Crippen LogP contribution in [0.15, 0.2) is 35.5 Å². The third-order valence-corrected chi connectivity index (χ3v) is 3.65. The van der Waals surface area contributed by atoms with Crippen molar-refractivity contribution >= 4 is 11.8 Å². The zero-order valence-electron chi connectivity index (χ0n) is 10.5. The molecule has 2 rings (SSSR count). The van der Waals surface area contributed by atoms with E-state index in [0.29, 0.717) is 16.7 Å². The van der Waals surface area contributed by atoms with Gasteiger partial charge < -0.3 is 0 Å². The maximum absolute atomic E-state index is 12.3. The van der Waals surface area contributed by atoms with E-state index in [9.17, 15) is 13.2 Å². The molecule has 0 N–H and O–H groups in total. The molecule has 0 bridgehead atoms. The molecule has 104 valence electrons. The number of thioether (sulfide) groups is 1. The van der Waals surface area contributed by atoms with Crippen molar-refractivity contribution in [1.29, 1.82) is 5.26 Å². The van der Waals surface area contributed by atoms with Gasteiger partial charge in [0.25, 0.3) is 0 Å². The van der Waals surface area contributed by atoms with Crippen LogP contribution in [0.3, 0.4) is 0 Å². The van der Waals surface area contributed by atoms with Crippen LogP contribution in [0.4, 0.5) is 13.2 Å². The lowest BCUT2D eigenvalue weighted by atomic mass is 10.1. The molecular weight excluding hydrogens is 287 g/mol. The molecule has 0 fully saturated rings. The van der Waals surface area contributed by atoms with Gasteiger partial charge in [-0.15, -0.1) is 11.8 Å². The van der Waals surface area contributed by atoms with E-state index in [1.807, 2.05) is 6.07 Å². The summed E-state index contributed by atoms with van der Waals surface area (Å²) in [4.78, 5) is 0.325. The van der Waals surface area contributed by atoms with Gasteiger partial charge in [0.05, 0.1) is 17.5 Å². The summed E-state index contributed by atoms with van der Waals surface area (Å²) in [6.45, 7) is 0. The van der Waals surface area contributed by atoms with Crippen LogP contribution in [0.5, 0.6) is 0 Å². The Morgan fingerprint density at radius 3 is 2.65 bits per heavy atom. The number of hydrogen-bond donors (Lipinski definition) is 0. The van der Waals surface area contributed by atoms with E-state index < -0.39 is 11.9 Å². The third kappa shape index (κ3) is 3.54. The van der Waals surface area contributed by atoms with Crippen molar-refractivity contribution in [3.63, 3.8) is 0 Å². The number of alkyl halides is 3. The average Bonchev–Trinajstić information content (AvgIpc) is 2.82. The minimum Gasteiger partial charge on any atom is -0.275 e. The monoisotopic (exact) mass is 297 g/mol. The number of aromatic nitrogens is 2. The molecule has 0 aliphatic heterocycles. The van der Waals surface area contributed by atoms with E-state index in [0.717, 1.165) is 11.1 Å². The molecule has 0 aliphatic rings. The van der Waals surface area contributed by atoms with Crippen molar-refractivity contribution in [2.45, 2.75) is 11.1 Å². The lowest BCUT2D eigenvalue weighted by Gasteiger charge is -2.08. The summed E-state index contributed by atoms with van der Waals surface area (Å²) in [5, 5.41) is 13.0. The zero-order chi connectivity index (χ0) is 14.8. The number of halogens is 3. The Morgan fingerprint density at radius 2 is 2.10 bits per heavy atom. The second-order valence-electron chi connectivity index (χ2n) is 4.13. The highest BCUT2D eigenvalue weighted by atomic mass is 32.2. The molecule has 20 heavy (non-hydrogen) atoms. The molecule has 1 aromatic carbocycles. The van der Waals surface area contributed by atoms with Gasteiger partial charge in [-0.2, -0.15) is 23.5 Å². The highest BCUT2D eigenvalue weighted by Gasteiger charge is 2.27. The SMILES string of the molecule is Cn1cc(-c2ccc(C#N)c(SCC(F)(F)F)c2)cn1. The molecule has 2 aromatic rings. The Hall–Kier alpha value is -1.94. The number of hydrogen-bond acceptors (Lipinski definition) is 3. The minimum atomic E-state index is -4.26. The summed E-state index contributed by atoms with van der Waals surface area (Å²) in [5.41, 5.74) is 1.78. The summed E-state index contributed by atoms with van der Waals surface area (Å²) in [6.07, 6.45) is -0.874. The first-order valence-corrected chi connectivity index (χ1v) is 6.60. The normalized spacial score (nSPS) is 11.3. The fourth-order valence-electron chi connectivity index (χ4n) is 1.64. The van der Waals surface area contributed by atoms with Gasteiger partial charge in [-0.3, -0.25) is 4.68 Å². The topological polar surface area (TPSA) is 41.6 Å². The Kier molecular flexibility index (Phi) is 4.04. The fourth-order valence-corrected chi connectivity index (χ4v) is 2.44. The number of benzene rings is 1. The fraction of sp³-hybridized carbons (Fsp3) is 0.231. The number of rotatable bonds is 3. The second kappa shape index (κ2) is 5.59.